The molecular formula is C23H13Br2ClFNO3. The number of ether oxygens (including phenoxy) is 2. The van der Waals surface area contributed by atoms with Crippen LogP contribution < -0.4 is 4.74 Å². The zero-order chi connectivity index (χ0) is 22.0. The summed E-state index contributed by atoms with van der Waals surface area (Å²) in [6, 6.07) is 17.0. The number of carbonyl (C=O) groups is 1. The van der Waals surface area contributed by atoms with E-state index in [0.29, 0.717) is 31.9 Å². The van der Waals surface area contributed by atoms with Gasteiger partial charge in [-0.2, -0.15) is 0 Å². The van der Waals surface area contributed by atoms with E-state index in [0.717, 1.165) is 5.56 Å². The first-order chi connectivity index (χ1) is 14.9. The van der Waals surface area contributed by atoms with Gasteiger partial charge in [-0.1, -0.05) is 41.9 Å². The second-order valence-corrected chi connectivity index (χ2v) is 8.63. The number of benzene rings is 3. The van der Waals surface area contributed by atoms with E-state index in [1.807, 2.05) is 18.2 Å². The van der Waals surface area contributed by atoms with E-state index in [1.165, 1.54) is 12.1 Å². The number of rotatable bonds is 5. The Bertz CT molecular complexity index is 1220. The van der Waals surface area contributed by atoms with Gasteiger partial charge in [0.2, 0.25) is 5.90 Å². The molecule has 1 heterocycles. The van der Waals surface area contributed by atoms with Crippen LogP contribution >= 0.6 is 43.5 Å². The summed E-state index contributed by atoms with van der Waals surface area (Å²) in [7, 11) is 0. The van der Waals surface area contributed by atoms with Gasteiger partial charge in [0.1, 0.15) is 18.2 Å². The molecule has 0 radical (unpaired) electrons. The molecule has 4 nitrogen and oxygen atoms in total. The van der Waals surface area contributed by atoms with Gasteiger partial charge in [0.25, 0.3) is 0 Å². The van der Waals surface area contributed by atoms with Crippen LogP contribution in [0, 0.1) is 5.82 Å². The summed E-state index contributed by atoms with van der Waals surface area (Å²) in [6.07, 6.45) is 1.56. The molecule has 3 aromatic carbocycles. The van der Waals surface area contributed by atoms with Crippen LogP contribution in [-0.2, 0) is 16.1 Å². The lowest BCUT2D eigenvalue weighted by Crippen LogP contribution is -2.07. The summed E-state index contributed by atoms with van der Waals surface area (Å²) >= 11 is 13.2. The van der Waals surface area contributed by atoms with Crippen molar-refractivity contribution in [3.05, 3.63) is 103 Å². The van der Waals surface area contributed by atoms with Gasteiger partial charge >= 0.3 is 5.97 Å². The van der Waals surface area contributed by atoms with Crippen molar-refractivity contribution in [3.8, 4) is 5.75 Å². The van der Waals surface area contributed by atoms with Gasteiger partial charge in [-0.05, 0) is 73.8 Å². The molecule has 31 heavy (non-hydrogen) atoms. The lowest BCUT2D eigenvalue weighted by molar-refractivity contribution is -0.129. The molecule has 1 aliphatic rings. The Morgan fingerprint density at radius 1 is 1.06 bits per heavy atom. The Hall–Kier alpha value is -2.48. The van der Waals surface area contributed by atoms with Gasteiger partial charge < -0.3 is 9.47 Å². The Morgan fingerprint density at radius 2 is 1.74 bits per heavy atom. The Labute approximate surface area is 199 Å². The molecule has 0 fully saturated rings. The van der Waals surface area contributed by atoms with Crippen LogP contribution in [0.5, 0.6) is 5.75 Å². The predicted octanol–water partition coefficient (Wildman–Crippen LogP) is 6.93. The van der Waals surface area contributed by atoms with E-state index in [9.17, 15) is 9.18 Å². The lowest BCUT2D eigenvalue weighted by atomic mass is 10.2. The van der Waals surface area contributed by atoms with Crippen molar-refractivity contribution >= 4 is 61.4 Å². The smallest absolute Gasteiger partial charge is 0.363 e. The molecule has 0 aliphatic carbocycles. The number of aliphatic imine (C=N–C) groups is 1. The minimum Gasteiger partial charge on any atom is -0.486 e. The summed E-state index contributed by atoms with van der Waals surface area (Å²) in [4.78, 5) is 16.4. The monoisotopic (exact) mass is 563 g/mol. The molecule has 4 rings (SSSR count). The molecule has 0 amide bonds. The first kappa shape index (κ1) is 21.7. The average molecular weight is 566 g/mol. The minimum atomic E-state index is -0.649. The Kier molecular flexibility index (Phi) is 6.55. The third-order valence-electron chi connectivity index (χ3n) is 4.38. The fraction of sp³-hybridized carbons (Fsp3) is 0.0435. The summed E-state index contributed by atoms with van der Waals surface area (Å²) in [5.41, 5.74) is 1.74. The minimum absolute atomic E-state index is 0.0628. The van der Waals surface area contributed by atoms with Crippen LogP contribution in [-0.4, -0.2) is 11.9 Å². The molecule has 0 bridgehead atoms. The number of cyclic esters (lactones) is 1. The summed E-state index contributed by atoms with van der Waals surface area (Å²) in [5.74, 6) is -0.635. The highest BCUT2D eigenvalue weighted by molar-refractivity contribution is 9.11. The molecule has 0 N–H and O–H groups in total. The molecule has 0 saturated carbocycles. The highest BCUT2D eigenvalue weighted by Crippen LogP contribution is 2.36. The van der Waals surface area contributed by atoms with Crippen molar-refractivity contribution in [2.75, 3.05) is 0 Å². The first-order valence-corrected chi connectivity index (χ1v) is 11.0. The van der Waals surface area contributed by atoms with E-state index < -0.39 is 11.8 Å². The second kappa shape index (κ2) is 9.34. The summed E-state index contributed by atoms with van der Waals surface area (Å²) in [6.45, 7) is 0.292. The molecule has 0 saturated heterocycles. The van der Waals surface area contributed by atoms with Crippen LogP contribution in [0.15, 0.2) is 80.3 Å². The zero-order valence-corrected chi connectivity index (χ0v) is 19.7. The second-order valence-electron chi connectivity index (χ2n) is 6.51. The normalized spacial score (nSPS) is 14.5. The number of nitrogens with zero attached hydrogens (tertiary/aromatic N) is 1. The van der Waals surface area contributed by atoms with Crippen LogP contribution in [0.3, 0.4) is 0 Å². The number of esters is 1. The molecule has 3 aromatic rings. The van der Waals surface area contributed by atoms with Gasteiger partial charge in [0.05, 0.1) is 14.5 Å². The largest absolute Gasteiger partial charge is 0.486 e. The fourth-order valence-electron chi connectivity index (χ4n) is 2.88. The van der Waals surface area contributed by atoms with Crippen molar-refractivity contribution < 1.29 is 18.7 Å². The van der Waals surface area contributed by atoms with Gasteiger partial charge in [0, 0.05) is 10.6 Å². The van der Waals surface area contributed by atoms with E-state index in [2.05, 4.69) is 36.9 Å². The molecule has 156 valence electrons. The third-order valence-corrected chi connectivity index (χ3v) is 5.93. The number of carbonyl (C=O) groups excluding carboxylic acids is 1. The Balaban J connectivity index is 1.58. The quantitative estimate of drug-likeness (QED) is 0.249. The maximum absolute atomic E-state index is 14.0. The van der Waals surface area contributed by atoms with E-state index in [4.69, 9.17) is 21.1 Å². The van der Waals surface area contributed by atoms with Crippen LogP contribution in [0.2, 0.25) is 5.02 Å². The van der Waals surface area contributed by atoms with E-state index >= 15 is 0 Å². The Morgan fingerprint density at radius 3 is 2.45 bits per heavy atom. The summed E-state index contributed by atoms with van der Waals surface area (Å²) in [5, 5.41) is 0.624. The van der Waals surface area contributed by atoms with E-state index in [1.54, 1.807) is 36.4 Å². The highest BCUT2D eigenvalue weighted by atomic mass is 79.9. The van der Waals surface area contributed by atoms with Gasteiger partial charge in [-0.3, -0.25) is 0 Å². The van der Waals surface area contributed by atoms with E-state index in [-0.39, 0.29) is 17.2 Å². The maximum Gasteiger partial charge on any atom is 0.363 e. The average Bonchev–Trinajstić information content (AvgIpc) is 3.09. The number of hydrogen-bond acceptors (Lipinski definition) is 4. The first-order valence-electron chi connectivity index (χ1n) is 9.05. The third kappa shape index (κ3) is 4.89. The standard InChI is InChI=1S/C23H13Br2ClFNO3/c24-16-9-13(10-17(25)21(16)30-12-14-5-1-3-7-18(14)26)11-20-23(29)31-22(28-20)15-6-2-4-8-19(15)27/h1-11H,12H2/b20-11-. The molecule has 0 atom stereocenters. The maximum atomic E-state index is 14.0. The molecular weight excluding hydrogens is 553 g/mol. The molecule has 1 aliphatic heterocycles. The van der Waals surface area contributed by atoms with Crippen LogP contribution in [0.1, 0.15) is 16.7 Å². The lowest BCUT2D eigenvalue weighted by Gasteiger charge is -2.12. The van der Waals surface area contributed by atoms with Crippen molar-refractivity contribution in [2.24, 2.45) is 4.99 Å². The number of hydrogen-bond donors (Lipinski definition) is 0. The van der Waals surface area contributed by atoms with Gasteiger partial charge in [-0.15, -0.1) is 0 Å². The van der Waals surface area contributed by atoms with Crippen molar-refractivity contribution in [1.82, 2.24) is 0 Å². The van der Waals surface area contributed by atoms with Crippen molar-refractivity contribution in [1.29, 1.82) is 0 Å². The van der Waals surface area contributed by atoms with Crippen LogP contribution in [0.4, 0.5) is 4.39 Å². The van der Waals surface area contributed by atoms with Gasteiger partial charge in [-0.25, -0.2) is 14.2 Å². The molecule has 8 heteroatoms. The SMILES string of the molecule is O=C1OC(c2ccccc2F)=N/C1=C\c1cc(Br)c(OCc2ccccc2Cl)c(Br)c1. The van der Waals surface area contributed by atoms with Crippen LogP contribution in [0.25, 0.3) is 6.08 Å². The fourth-order valence-corrected chi connectivity index (χ4v) is 4.52. The number of halogens is 4. The zero-order valence-electron chi connectivity index (χ0n) is 15.7. The van der Waals surface area contributed by atoms with Crippen molar-refractivity contribution in [3.63, 3.8) is 0 Å². The molecule has 0 unspecified atom stereocenters. The van der Waals surface area contributed by atoms with Crippen molar-refractivity contribution in [2.45, 2.75) is 6.61 Å². The molecule has 0 aromatic heterocycles. The highest BCUT2D eigenvalue weighted by Gasteiger charge is 2.26. The summed E-state index contributed by atoms with van der Waals surface area (Å²) < 4.78 is 26.4. The molecule has 0 spiro atoms. The predicted molar refractivity (Wildman–Crippen MR) is 125 cm³/mol. The van der Waals surface area contributed by atoms with Gasteiger partial charge in [0.15, 0.2) is 5.70 Å². The topological polar surface area (TPSA) is 47.9 Å².